The van der Waals surface area contributed by atoms with Crippen LogP contribution in [0.5, 0.6) is 5.75 Å². The van der Waals surface area contributed by atoms with Crippen molar-refractivity contribution in [3.63, 3.8) is 0 Å². The van der Waals surface area contributed by atoms with Crippen LogP contribution in [-0.4, -0.2) is 5.11 Å². The van der Waals surface area contributed by atoms with Gasteiger partial charge in [-0.25, -0.2) is 0 Å². The summed E-state index contributed by atoms with van der Waals surface area (Å²) in [6.45, 7) is 16.1. The molecular weight excluding hydrogens is 569 g/mol. The van der Waals surface area contributed by atoms with Crippen molar-refractivity contribution in [3.05, 3.63) is 133 Å². The van der Waals surface area contributed by atoms with Gasteiger partial charge in [-0.1, -0.05) is 114 Å². The first-order valence-electron chi connectivity index (χ1n) is 18.9. The van der Waals surface area contributed by atoms with Crippen LogP contribution in [0.15, 0.2) is 60.7 Å². The molecule has 0 unspecified atom stereocenters. The van der Waals surface area contributed by atoms with Gasteiger partial charge in [0.1, 0.15) is 5.75 Å². The first-order chi connectivity index (χ1) is 22.8. The molecule has 0 saturated carbocycles. The van der Waals surface area contributed by atoms with Crippen LogP contribution in [0.25, 0.3) is 0 Å². The summed E-state index contributed by atoms with van der Waals surface area (Å²) in [6, 6.07) is 23.3. The number of phenols is 1. The third-order valence-corrected chi connectivity index (χ3v) is 10.4. The predicted molar refractivity (Wildman–Crippen MR) is 205 cm³/mol. The van der Waals surface area contributed by atoms with Gasteiger partial charge < -0.3 is 5.11 Å². The van der Waals surface area contributed by atoms with Gasteiger partial charge in [0.2, 0.25) is 0 Å². The molecule has 4 rings (SSSR count). The van der Waals surface area contributed by atoms with E-state index in [1.54, 1.807) is 0 Å². The number of aryl methyl sites for hydroxylation is 4. The first kappa shape index (κ1) is 36.5. The summed E-state index contributed by atoms with van der Waals surface area (Å²) >= 11 is 0. The molecule has 1 N–H and O–H groups in total. The molecule has 0 fully saturated rings. The Morgan fingerprint density at radius 3 is 1.15 bits per heavy atom. The number of hydrogen-bond donors (Lipinski definition) is 1. The summed E-state index contributed by atoms with van der Waals surface area (Å²) in [5, 5.41) is 11.2. The average molecular weight is 631 g/mol. The van der Waals surface area contributed by atoms with Crippen LogP contribution >= 0.6 is 0 Å². The Balaban J connectivity index is 1.82. The van der Waals surface area contributed by atoms with Crippen LogP contribution in [0.3, 0.4) is 0 Å². The highest BCUT2D eigenvalue weighted by atomic mass is 16.3. The lowest BCUT2D eigenvalue weighted by Crippen LogP contribution is -2.10. The van der Waals surface area contributed by atoms with Gasteiger partial charge >= 0.3 is 0 Å². The second-order valence-electron chi connectivity index (χ2n) is 14.2. The molecule has 47 heavy (non-hydrogen) atoms. The number of rotatable bonds is 18. The van der Waals surface area contributed by atoms with Crippen LogP contribution in [-0.2, 0) is 44.9 Å². The van der Waals surface area contributed by atoms with E-state index in [9.17, 15) is 5.11 Å². The largest absolute Gasteiger partial charge is 0.507 e. The van der Waals surface area contributed by atoms with Crippen LogP contribution in [0, 0.1) is 20.8 Å². The van der Waals surface area contributed by atoms with E-state index in [1.807, 2.05) is 0 Å². The minimum Gasteiger partial charge on any atom is -0.507 e. The first-order valence-corrected chi connectivity index (χ1v) is 18.9. The van der Waals surface area contributed by atoms with Crippen LogP contribution in [0.4, 0.5) is 0 Å². The van der Waals surface area contributed by atoms with Crippen molar-refractivity contribution in [2.75, 3.05) is 0 Å². The monoisotopic (exact) mass is 630 g/mol. The molecule has 4 aromatic rings. The Kier molecular flexibility index (Phi) is 14.2. The molecule has 0 aliphatic rings. The molecule has 252 valence electrons. The number of phenolic OH excluding ortho intramolecular Hbond substituents is 1. The Bertz CT molecular complexity index is 1480. The van der Waals surface area contributed by atoms with Crippen molar-refractivity contribution in [1.82, 2.24) is 0 Å². The fourth-order valence-electron chi connectivity index (χ4n) is 7.40. The third kappa shape index (κ3) is 9.85. The lowest BCUT2D eigenvalue weighted by Gasteiger charge is -2.24. The van der Waals surface area contributed by atoms with E-state index < -0.39 is 0 Å². The van der Waals surface area contributed by atoms with Gasteiger partial charge in [0.15, 0.2) is 0 Å². The molecule has 4 aromatic carbocycles. The number of hydrogen-bond acceptors (Lipinski definition) is 1. The molecule has 1 nitrogen and oxygen atoms in total. The summed E-state index contributed by atoms with van der Waals surface area (Å²) in [5.74, 6) is 0.542. The van der Waals surface area contributed by atoms with E-state index in [2.05, 4.69) is 109 Å². The topological polar surface area (TPSA) is 20.2 Å². The molecule has 1 heteroatoms. The summed E-state index contributed by atoms with van der Waals surface area (Å²) in [7, 11) is 0. The van der Waals surface area contributed by atoms with Gasteiger partial charge in [0, 0.05) is 0 Å². The van der Waals surface area contributed by atoms with Crippen molar-refractivity contribution in [2.24, 2.45) is 0 Å². The van der Waals surface area contributed by atoms with Gasteiger partial charge in [0.25, 0.3) is 0 Å². The zero-order valence-corrected chi connectivity index (χ0v) is 30.8. The predicted octanol–water partition coefficient (Wildman–Crippen LogP) is 12.5. The highest BCUT2D eigenvalue weighted by Crippen LogP contribution is 2.35. The Labute approximate surface area is 287 Å². The SMILES string of the molecule is CCCCc1cccc(Cc2c(C)c(Cc3cccc(CCCC)c3)c(C)c(Cc3cc(CCCC)c(O)c(CCCC)c3)c2C)c1. The molecule has 0 aliphatic carbocycles. The lowest BCUT2D eigenvalue weighted by molar-refractivity contribution is 0.458. The molecular formula is C46H62O. The van der Waals surface area contributed by atoms with Crippen molar-refractivity contribution >= 4 is 0 Å². The maximum absolute atomic E-state index is 11.2. The van der Waals surface area contributed by atoms with Gasteiger partial charge in [-0.2, -0.15) is 0 Å². The lowest BCUT2D eigenvalue weighted by atomic mass is 9.81. The summed E-state index contributed by atoms with van der Waals surface area (Å²) in [6.07, 6.45) is 16.5. The Morgan fingerprint density at radius 2 is 0.766 bits per heavy atom. The molecule has 0 spiro atoms. The number of aromatic hydroxyl groups is 1. The summed E-state index contributed by atoms with van der Waals surface area (Å²) in [4.78, 5) is 0. The van der Waals surface area contributed by atoms with E-state index in [0.29, 0.717) is 5.75 Å². The average Bonchev–Trinajstić information content (AvgIpc) is 3.08. The van der Waals surface area contributed by atoms with Crippen LogP contribution in [0.2, 0.25) is 0 Å². The minimum atomic E-state index is 0.542. The van der Waals surface area contributed by atoms with Gasteiger partial charge in [-0.15, -0.1) is 0 Å². The van der Waals surface area contributed by atoms with Crippen molar-refractivity contribution in [1.29, 1.82) is 0 Å². The fraction of sp³-hybridized carbons (Fsp3) is 0.478. The molecule has 0 aromatic heterocycles. The van der Waals surface area contributed by atoms with E-state index in [0.717, 1.165) is 81.8 Å². The molecule has 0 saturated heterocycles. The minimum absolute atomic E-state index is 0.542. The van der Waals surface area contributed by atoms with E-state index in [4.69, 9.17) is 0 Å². The van der Waals surface area contributed by atoms with E-state index >= 15 is 0 Å². The second kappa shape index (κ2) is 18.3. The number of unbranched alkanes of at least 4 members (excludes halogenated alkanes) is 4. The van der Waals surface area contributed by atoms with E-state index in [-0.39, 0.29) is 0 Å². The molecule has 0 atom stereocenters. The van der Waals surface area contributed by atoms with Gasteiger partial charge in [-0.3, -0.25) is 0 Å². The molecule has 0 heterocycles. The molecule has 0 aliphatic heterocycles. The van der Waals surface area contributed by atoms with Crippen LogP contribution in [0.1, 0.15) is 151 Å². The van der Waals surface area contributed by atoms with E-state index in [1.165, 1.54) is 86.9 Å². The Hall–Kier alpha value is -3.32. The zero-order chi connectivity index (χ0) is 33.8. The van der Waals surface area contributed by atoms with Gasteiger partial charge in [-0.05, 0) is 164 Å². The summed E-state index contributed by atoms with van der Waals surface area (Å²) in [5.41, 5.74) is 18.2. The third-order valence-electron chi connectivity index (χ3n) is 10.4. The van der Waals surface area contributed by atoms with Crippen molar-refractivity contribution in [2.45, 2.75) is 145 Å². The molecule has 0 radical (unpaired) electrons. The maximum Gasteiger partial charge on any atom is 0.121 e. The second-order valence-corrected chi connectivity index (χ2v) is 14.2. The van der Waals surface area contributed by atoms with Crippen molar-refractivity contribution < 1.29 is 5.11 Å². The smallest absolute Gasteiger partial charge is 0.121 e. The van der Waals surface area contributed by atoms with Crippen LogP contribution < -0.4 is 0 Å². The highest BCUT2D eigenvalue weighted by Gasteiger charge is 2.20. The molecule has 0 amide bonds. The normalized spacial score (nSPS) is 11.4. The van der Waals surface area contributed by atoms with Gasteiger partial charge in [0.05, 0.1) is 0 Å². The Morgan fingerprint density at radius 1 is 0.426 bits per heavy atom. The zero-order valence-electron chi connectivity index (χ0n) is 30.8. The fourth-order valence-corrected chi connectivity index (χ4v) is 7.40. The quantitative estimate of drug-likeness (QED) is 0.116. The maximum atomic E-state index is 11.2. The van der Waals surface area contributed by atoms with Crippen molar-refractivity contribution in [3.8, 4) is 5.75 Å². The highest BCUT2D eigenvalue weighted by molar-refractivity contribution is 5.56. The standard InChI is InChI=1S/C46H62O/c1-8-12-18-36-20-16-22-38(26-36)30-43-33(5)44(31-39-23-17-21-37(27-39)19-13-9-2)35(7)45(34(43)6)32-40-28-41(24-14-10-3)46(47)42(29-40)25-15-11-4/h16-17,20-23,26-29,47H,8-15,18-19,24-25,30-32H2,1-7H3. The summed E-state index contributed by atoms with van der Waals surface area (Å²) < 4.78 is 0. The molecule has 0 bridgehead atoms. The number of benzene rings is 4.